The van der Waals surface area contributed by atoms with Crippen LogP contribution in [0.25, 0.3) is 0 Å². The molecule has 2 N–H and O–H groups in total. The third kappa shape index (κ3) is 5.12. The van der Waals surface area contributed by atoms with E-state index in [1.807, 2.05) is 18.2 Å². The van der Waals surface area contributed by atoms with Gasteiger partial charge in [0, 0.05) is 6.20 Å². The maximum Gasteiger partial charge on any atom is 0.126 e. The minimum Gasteiger partial charge on any atom is -0.383 e. The van der Waals surface area contributed by atoms with E-state index in [2.05, 4.69) is 56.9 Å². The lowest BCUT2D eigenvalue weighted by atomic mass is 10.0. The van der Waals surface area contributed by atoms with Crippen LogP contribution in [-0.4, -0.2) is 4.98 Å². The van der Waals surface area contributed by atoms with Crippen LogP contribution in [0.5, 0.6) is 0 Å². The fourth-order valence-electron chi connectivity index (χ4n) is 1.76. The second kappa shape index (κ2) is 7.57. The molecule has 2 aromatic rings. The second-order valence-corrected chi connectivity index (χ2v) is 5.20. The van der Waals surface area contributed by atoms with Gasteiger partial charge in [0.15, 0.2) is 0 Å². The predicted octanol–water partition coefficient (Wildman–Crippen LogP) is 4.60. The van der Waals surface area contributed by atoms with E-state index in [9.17, 15) is 0 Å². The molecule has 0 unspecified atom stereocenters. The van der Waals surface area contributed by atoms with Gasteiger partial charge in [0.05, 0.1) is 0 Å². The number of nitrogens with two attached hydrogens (primary N) is 1. The normalized spacial score (nSPS) is 10.2. The molecule has 0 aliphatic carbocycles. The fraction of sp³-hybridized carbons (Fsp3) is 0.353. The lowest BCUT2D eigenvalue weighted by Crippen LogP contribution is -1.97. The quantitative estimate of drug-likeness (QED) is 0.853. The molecule has 0 atom stereocenters. The summed E-state index contributed by atoms with van der Waals surface area (Å²) < 4.78 is 0. The summed E-state index contributed by atoms with van der Waals surface area (Å²) in [4.78, 5) is 3.98. The average molecular weight is 256 g/mol. The molecule has 0 aliphatic heterocycles. The van der Waals surface area contributed by atoms with Crippen molar-refractivity contribution in [2.24, 2.45) is 0 Å². The molecule has 1 heterocycles. The van der Waals surface area contributed by atoms with Crippen molar-refractivity contribution < 1.29 is 0 Å². The Bertz CT molecular complexity index is 476. The highest BCUT2D eigenvalue weighted by Crippen LogP contribution is 2.17. The molecule has 0 amide bonds. The molecule has 2 rings (SSSR count). The van der Waals surface area contributed by atoms with Crippen LogP contribution in [0.4, 0.5) is 5.82 Å². The van der Waals surface area contributed by atoms with Gasteiger partial charge in [-0.15, -0.1) is 0 Å². The number of pyridine rings is 1. The number of nitrogen functional groups attached to an aromatic ring is 1. The summed E-state index contributed by atoms with van der Waals surface area (Å²) in [5, 5.41) is 0. The Morgan fingerprint density at radius 3 is 1.84 bits per heavy atom. The van der Waals surface area contributed by atoms with Crippen LogP contribution in [0.2, 0.25) is 0 Å². The van der Waals surface area contributed by atoms with Crippen LogP contribution in [0.1, 0.15) is 50.7 Å². The van der Waals surface area contributed by atoms with Crippen molar-refractivity contribution >= 4 is 5.82 Å². The molecule has 0 fully saturated rings. The summed E-state index contributed by atoms with van der Waals surface area (Å²) in [5.41, 5.74) is 8.15. The molecule has 2 heteroatoms. The Labute approximate surface area is 116 Å². The van der Waals surface area contributed by atoms with Gasteiger partial charge in [-0.2, -0.15) is 0 Å². The van der Waals surface area contributed by atoms with Crippen LogP contribution < -0.4 is 5.73 Å². The zero-order valence-electron chi connectivity index (χ0n) is 12.3. The molecule has 0 bridgehead atoms. The highest BCUT2D eigenvalue weighted by atomic mass is 14.8. The first-order valence-electron chi connectivity index (χ1n) is 6.77. The molecule has 0 aliphatic rings. The Morgan fingerprint density at radius 1 is 0.842 bits per heavy atom. The molecule has 1 aromatic carbocycles. The summed E-state index contributed by atoms with van der Waals surface area (Å²) in [7, 11) is 0. The summed E-state index contributed by atoms with van der Waals surface area (Å²) in [5.74, 6) is 1.78. The average Bonchev–Trinajstić information content (AvgIpc) is 2.40. The first kappa shape index (κ1) is 15.2. The first-order chi connectivity index (χ1) is 9.02. The lowest BCUT2D eigenvalue weighted by molar-refractivity contribution is 0.863. The van der Waals surface area contributed by atoms with Crippen molar-refractivity contribution in [2.75, 3.05) is 5.73 Å². The van der Waals surface area contributed by atoms with E-state index in [-0.39, 0.29) is 0 Å². The smallest absolute Gasteiger partial charge is 0.126 e. The molecule has 19 heavy (non-hydrogen) atoms. The Morgan fingerprint density at radius 2 is 1.47 bits per heavy atom. The lowest BCUT2D eigenvalue weighted by Gasteiger charge is -2.05. The zero-order valence-corrected chi connectivity index (χ0v) is 12.3. The maximum atomic E-state index is 5.61. The summed E-state index contributed by atoms with van der Waals surface area (Å²) in [6, 6.07) is 14.4. The van der Waals surface area contributed by atoms with Gasteiger partial charge in [-0.1, -0.05) is 64.1 Å². The first-order valence-corrected chi connectivity index (χ1v) is 6.77. The van der Waals surface area contributed by atoms with Crippen LogP contribution in [0, 0.1) is 0 Å². The topological polar surface area (TPSA) is 38.9 Å². The van der Waals surface area contributed by atoms with Crippen LogP contribution >= 0.6 is 0 Å². The molecule has 102 valence electrons. The largest absolute Gasteiger partial charge is 0.383 e. The van der Waals surface area contributed by atoms with Crippen molar-refractivity contribution in [3.05, 3.63) is 59.8 Å². The van der Waals surface area contributed by atoms with Crippen LogP contribution in [0.3, 0.4) is 0 Å². The van der Waals surface area contributed by atoms with E-state index in [0.717, 1.165) is 5.56 Å². The van der Waals surface area contributed by atoms with Gasteiger partial charge in [-0.25, -0.2) is 4.98 Å². The standard InChI is InChI=1S/C9H12.C8H12N2/c1-8(2)9-6-4-3-5-7-9;1-6(2)7-4-3-5-10-8(7)9/h3-8H,1-2H3;3-6H,1-2H3,(H2,9,10). The molecule has 0 saturated carbocycles. The number of aromatic nitrogens is 1. The van der Waals surface area contributed by atoms with Gasteiger partial charge in [-0.3, -0.25) is 0 Å². The molecule has 0 spiro atoms. The SMILES string of the molecule is CC(C)c1ccccc1.CC(C)c1cccnc1N. The zero-order chi connectivity index (χ0) is 14.3. The predicted molar refractivity (Wildman–Crippen MR) is 83.3 cm³/mol. The van der Waals surface area contributed by atoms with Crippen molar-refractivity contribution in [1.82, 2.24) is 4.98 Å². The number of rotatable bonds is 2. The Hall–Kier alpha value is -1.83. The number of hydrogen-bond acceptors (Lipinski definition) is 2. The van der Waals surface area contributed by atoms with Gasteiger partial charge in [-0.05, 0) is 29.0 Å². The van der Waals surface area contributed by atoms with Crippen molar-refractivity contribution in [3.63, 3.8) is 0 Å². The van der Waals surface area contributed by atoms with Crippen molar-refractivity contribution in [2.45, 2.75) is 39.5 Å². The third-order valence-electron chi connectivity index (χ3n) is 2.96. The molecule has 1 aromatic heterocycles. The highest BCUT2D eigenvalue weighted by Gasteiger charge is 2.01. The minimum absolute atomic E-state index is 0.466. The molecule has 0 radical (unpaired) electrons. The van der Waals surface area contributed by atoms with Gasteiger partial charge < -0.3 is 5.73 Å². The molecule has 2 nitrogen and oxygen atoms in total. The number of anilines is 1. The Kier molecular flexibility index (Phi) is 6.07. The van der Waals surface area contributed by atoms with Gasteiger partial charge >= 0.3 is 0 Å². The van der Waals surface area contributed by atoms with E-state index in [1.165, 1.54) is 5.56 Å². The summed E-state index contributed by atoms with van der Waals surface area (Å²) in [6.45, 7) is 8.62. The van der Waals surface area contributed by atoms with E-state index in [1.54, 1.807) is 6.20 Å². The minimum atomic E-state index is 0.466. The van der Waals surface area contributed by atoms with Crippen LogP contribution in [0.15, 0.2) is 48.7 Å². The van der Waals surface area contributed by atoms with E-state index in [4.69, 9.17) is 5.73 Å². The molecule has 0 saturated heterocycles. The van der Waals surface area contributed by atoms with Gasteiger partial charge in [0.1, 0.15) is 5.82 Å². The molecular weight excluding hydrogens is 232 g/mol. The summed E-state index contributed by atoms with van der Waals surface area (Å²) >= 11 is 0. The number of nitrogens with zero attached hydrogens (tertiary/aromatic N) is 1. The second-order valence-electron chi connectivity index (χ2n) is 5.20. The monoisotopic (exact) mass is 256 g/mol. The van der Waals surface area contributed by atoms with E-state index in [0.29, 0.717) is 17.7 Å². The third-order valence-corrected chi connectivity index (χ3v) is 2.96. The molecular formula is C17H24N2. The summed E-state index contributed by atoms with van der Waals surface area (Å²) in [6.07, 6.45) is 1.71. The fourth-order valence-corrected chi connectivity index (χ4v) is 1.76. The maximum absolute atomic E-state index is 5.61. The van der Waals surface area contributed by atoms with Crippen LogP contribution in [-0.2, 0) is 0 Å². The van der Waals surface area contributed by atoms with E-state index >= 15 is 0 Å². The number of benzene rings is 1. The van der Waals surface area contributed by atoms with Crippen molar-refractivity contribution in [1.29, 1.82) is 0 Å². The number of hydrogen-bond donors (Lipinski definition) is 1. The van der Waals surface area contributed by atoms with Crippen molar-refractivity contribution in [3.8, 4) is 0 Å². The van der Waals surface area contributed by atoms with E-state index < -0.39 is 0 Å². The highest BCUT2D eigenvalue weighted by molar-refractivity contribution is 5.40. The van der Waals surface area contributed by atoms with Gasteiger partial charge in [0.25, 0.3) is 0 Å². The van der Waals surface area contributed by atoms with Gasteiger partial charge in [0.2, 0.25) is 0 Å². The Balaban J connectivity index is 0.000000191.